The SMILES string of the molecule is Cc1cc(NC(C)C(=O)Nc2ccc(F)cc2)ccc1Br. The van der Waals surface area contributed by atoms with Crippen LogP contribution in [0, 0.1) is 12.7 Å². The molecule has 2 N–H and O–H groups in total. The quantitative estimate of drug-likeness (QED) is 0.861. The summed E-state index contributed by atoms with van der Waals surface area (Å²) >= 11 is 3.44. The number of nitrogens with one attached hydrogen (secondary N) is 2. The van der Waals surface area contributed by atoms with Gasteiger partial charge in [-0.2, -0.15) is 0 Å². The lowest BCUT2D eigenvalue weighted by molar-refractivity contribution is -0.116. The van der Waals surface area contributed by atoms with Gasteiger partial charge in [-0.1, -0.05) is 15.9 Å². The van der Waals surface area contributed by atoms with Crippen LogP contribution in [-0.4, -0.2) is 11.9 Å². The van der Waals surface area contributed by atoms with Gasteiger partial charge in [-0.05, 0) is 61.9 Å². The van der Waals surface area contributed by atoms with E-state index in [4.69, 9.17) is 0 Å². The lowest BCUT2D eigenvalue weighted by Gasteiger charge is -2.16. The van der Waals surface area contributed by atoms with Gasteiger partial charge in [0.1, 0.15) is 11.9 Å². The Labute approximate surface area is 131 Å². The van der Waals surface area contributed by atoms with Gasteiger partial charge < -0.3 is 10.6 Å². The molecule has 0 aromatic heterocycles. The standard InChI is InChI=1S/C16H16BrFN2O/c1-10-9-14(7-8-15(10)17)19-11(2)16(21)20-13-5-3-12(18)4-6-13/h3-9,11,19H,1-2H3,(H,20,21). The van der Waals surface area contributed by atoms with Gasteiger partial charge in [0, 0.05) is 15.8 Å². The van der Waals surface area contributed by atoms with E-state index < -0.39 is 6.04 Å². The number of rotatable bonds is 4. The summed E-state index contributed by atoms with van der Waals surface area (Å²) in [5.74, 6) is -0.508. The number of anilines is 2. The third-order valence-electron chi connectivity index (χ3n) is 3.05. The highest BCUT2D eigenvalue weighted by Gasteiger charge is 2.13. The van der Waals surface area contributed by atoms with Crippen LogP contribution in [0.3, 0.4) is 0 Å². The molecule has 1 atom stereocenters. The average Bonchev–Trinajstić information content (AvgIpc) is 2.45. The predicted octanol–water partition coefficient (Wildman–Crippen LogP) is 4.34. The van der Waals surface area contributed by atoms with Gasteiger partial charge in [0.25, 0.3) is 0 Å². The van der Waals surface area contributed by atoms with E-state index in [1.54, 1.807) is 6.92 Å². The van der Waals surface area contributed by atoms with Crippen molar-refractivity contribution < 1.29 is 9.18 Å². The Morgan fingerprint density at radius 2 is 1.76 bits per heavy atom. The Balaban J connectivity index is 1.98. The summed E-state index contributed by atoms with van der Waals surface area (Å²) in [6, 6.07) is 11.1. The molecule has 2 aromatic rings. The molecule has 3 nitrogen and oxygen atoms in total. The second-order valence-corrected chi connectivity index (χ2v) is 5.68. The smallest absolute Gasteiger partial charge is 0.246 e. The molecule has 2 rings (SSSR count). The minimum atomic E-state index is -0.407. The van der Waals surface area contributed by atoms with Crippen molar-refractivity contribution in [2.24, 2.45) is 0 Å². The van der Waals surface area contributed by atoms with Crippen LogP contribution in [0.2, 0.25) is 0 Å². The molecule has 1 unspecified atom stereocenters. The highest BCUT2D eigenvalue weighted by atomic mass is 79.9. The topological polar surface area (TPSA) is 41.1 Å². The normalized spacial score (nSPS) is 11.8. The van der Waals surface area contributed by atoms with Crippen molar-refractivity contribution in [3.8, 4) is 0 Å². The zero-order valence-corrected chi connectivity index (χ0v) is 13.4. The van der Waals surface area contributed by atoms with E-state index in [1.807, 2.05) is 25.1 Å². The van der Waals surface area contributed by atoms with Crippen molar-refractivity contribution in [1.82, 2.24) is 0 Å². The van der Waals surface area contributed by atoms with Crippen LogP contribution in [0.4, 0.5) is 15.8 Å². The van der Waals surface area contributed by atoms with Gasteiger partial charge in [0.05, 0.1) is 0 Å². The summed E-state index contributed by atoms with van der Waals surface area (Å²) < 4.78 is 13.8. The molecule has 0 saturated carbocycles. The number of benzene rings is 2. The van der Waals surface area contributed by atoms with Gasteiger partial charge in [-0.25, -0.2) is 4.39 Å². The minimum absolute atomic E-state index is 0.179. The largest absolute Gasteiger partial charge is 0.374 e. The molecular weight excluding hydrogens is 335 g/mol. The molecule has 0 bridgehead atoms. The molecule has 5 heteroatoms. The van der Waals surface area contributed by atoms with Crippen molar-refractivity contribution in [2.75, 3.05) is 10.6 Å². The first-order valence-corrected chi connectivity index (χ1v) is 7.34. The van der Waals surface area contributed by atoms with Crippen molar-refractivity contribution in [2.45, 2.75) is 19.9 Å². The van der Waals surface area contributed by atoms with Crippen LogP contribution in [0.15, 0.2) is 46.9 Å². The first kappa shape index (κ1) is 15.5. The number of carbonyl (C=O) groups is 1. The first-order chi connectivity index (χ1) is 9.95. The molecule has 0 aliphatic carbocycles. The number of halogens is 2. The summed E-state index contributed by atoms with van der Waals surface area (Å²) in [7, 11) is 0. The van der Waals surface area contributed by atoms with Crippen molar-refractivity contribution in [1.29, 1.82) is 0 Å². The Morgan fingerprint density at radius 1 is 1.14 bits per heavy atom. The Morgan fingerprint density at radius 3 is 2.38 bits per heavy atom. The van der Waals surface area contributed by atoms with Crippen LogP contribution in [-0.2, 0) is 4.79 Å². The van der Waals surface area contributed by atoms with E-state index in [0.29, 0.717) is 5.69 Å². The maximum atomic E-state index is 12.8. The third-order valence-corrected chi connectivity index (χ3v) is 3.94. The van der Waals surface area contributed by atoms with E-state index >= 15 is 0 Å². The molecule has 0 aliphatic heterocycles. The number of carbonyl (C=O) groups excluding carboxylic acids is 1. The molecule has 0 radical (unpaired) electrons. The third kappa shape index (κ3) is 4.29. The number of hydrogen-bond acceptors (Lipinski definition) is 2. The summed E-state index contributed by atoms with van der Waals surface area (Å²) in [5.41, 5.74) is 2.53. The maximum Gasteiger partial charge on any atom is 0.246 e. The van der Waals surface area contributed by atoms with E-state index in [0.717, 1.165) is 15.7 Å². The number of amides is 1. The highest BCUT2D eigenvalue weighted by Crippen LogP contribution is 2.20. The van der Waals surface area contributed by atoms with Gasteiger partial charge >= 0.3 is 0 Å². The number of hydrogen-bond donors (Lipinski definition) is 2. The van der Waals surface area contributed by atoms with Crippen molar-refractivity contribution >= 4 is 33.2 Å². The highest BCUT2D eigenvalue weighted by molar-refractivity contribution is 9.10. The molecule has 1 amide bonds. The van der Waals surface area contributed by atoms with Gasteiger partial charge in [-0.15, -0.1) is 0 Å². The molecule has 0 saturated heterocycles. The van der Waals surface area contributed by atoms with Crippen LogP contribution < -0.4 is 10.6 Å². The summed E-state index contributed by atoms with van der Waals surface area (Å²) in [4.78, 5) is 12.1. The Hall–Kier alpha value is -1.88. The molecular formula is C16H16BrFN2O. The molecule has 0 heterocycles. The van der Waals surface area contributed by atoms with Gasteiger partial charge in [0.15, 0.2) is 0 Å². The zero-order valence-electron chi connectivity index (χ0n) is 11.8. The molecule has 21 heavy (non-hydrogen) atoms. The number of aryl methyl sites for hydroxylation is 1. The van der Waals surface area contributed by atoms with Gasteiger partial charge in [0.2, 0.25) is 5.91 Å². The monoisotopic (exact) mass is 350 g/mol. The van der Waals surface area contributed by atoms with Gasteiger partial charge in [-0.3, -0.25) is 4.79 Å². The summed E-state index contributed by atoms with van der Waals surface area (Å²) in [5, 5.41) is 5.87. The first-order valence-electron chi connectivity index (χ1n) is 6.55. The van der Waals surface area contributed by atoms with Crippen LogP contribution in [0.1, 0.15) is 12.5 Å². The molecule has 110 valence electrons. The van der Waals surface area contributed by atoms with Crippen LogP contribution in [0.5, 0.6) is 0 Å². The second kappa shape index (κ2) is 6.72. The van der Waals surface area contributed by atoms with E-state index in [9.17, 15) is 9.18 Å². The Bertz CT molecular complexity index is 643. The van der Waals surface area contributed by atoms with Crippen molar-refractivity contribution in [3.63, 3.8) is 0 Å². The fourth-order valence-electron chi connectivity index (χ4n) is 1.83. The lowest BCUT2D eigenvalue weighted by Crippen LogP contribution is -2.31. The minimum Gasteiger partial charge on any atom is -0.374 e. The van der Waals surface area contributed by atoms with Crippen molar-refractivity contribution in [3.05, 3.63) is 58.3 Å². The summed E-state index contributed by atoms with van der Waals surface area (Å²) in [6.45, 7) is 3.76. The lowest BCUT2D eigenvalue weighted by atomic mass is 10.2. The molecule has 0 aliphatic rings. The molecule has 0 fully saturated rings. The Kier molecular flexibility index (Phi) is 4.96. The molecule has 0 spiro atoms. The predicted molar refractivity (Wildman–Crippen MR) is 87.0 cm³/mol. The van der Waals surface area contributed by atoms with Crippen LogP contribution in [0.25, 0.3) is 0 Å². The van der Waals surface area contributed by atoms with E-state index in [2.05, 4.69) is 26.6 Å². The second-order valence-electron chi connectivity index (χ2n) is 4.83. The van der Waals surface area contributed by atoms with E-state index in [-0.39, 0.29) is 11.7 Å². The maximum absolute atomic E-state index is 12.8. The van der Waals surface area contributed by atoms with Crippen LogP contribution >= 0.6 is 15.9 Å². The summed E-state index contributed by atoms with van der Waals surface area (Å²) in [6.07, 6.45) is 0. The fraction of sp³-hybridized carbons (Fsp3) is 0.188. The molecule has 2 aromatic carbocycles. The van der Waals surface area contributed by atoms with E-state index in [1.165, 1.54) is 24.3 Å². The fourth-order valence-corrected chi connectivity index (χ4v) is 2.08. The average molecular weight is 351 g/mol. The zero-order chi connectivity index (χ0) is 15.4.